The minimum atomic E-state index is -0.0583. The van der Waals surface area contributed by atoms with Crippen molar-refractivity contribution >= 4 is 23.5 Å². The summed E-state index contributed by atoms with van der Waals surface area (Å²) in [7, 11) is 0. The average molecular weight is 422 g/mol. The highest BCUT2D eigenvalue weighted by atomic mass is 16.2. The molecule has 7 heteroatoms. The van der Waals surface area contributed by atoms with Gasteiger partial charge >= 0.3 is 0 Å². The quantitative estimate of drug-likeness (QED) is 0.452. The Morgan fingerprint density at radius 3 is 2.23 bits per heavy atom. The van der Waals surface area contributed by atoms with Gasteiger partial charge in [-0.15, -0.1) is 0 Å². The van der Waals surface area contributed by atoms with Gasteiger partial charge in [0.2, 0.25) is 5.91 Å². The molecule has 1 aliphatic heterocycles. The second-order valence-electron chi connectivity index (χ2n) is 7.42. The standard InChI is InChI=1S/C24H31N5O2/c1-3-25-23(31)20-11-7-18(8-12-20)16-27-24(26-4-2)28-17-19-9-13-21(14-10-19)29-15-5-6-22(29)30/h7-14H,3-6,15-17H2,1-2H3,(H,25,31)(H2,26,27,28). The number of aliphatic imine (C=N–C) groups is 1. The van der Waals surface area contributed by atoms with Gasteiger partial charge in [-0.05, 0) is 55.7 Å². The normalized spacial score (nSPS) is 13.9. The molecule has 0 spiro atoms. The minimum absolute atomic E-state index is 0.0583. The molecule has 2 aromatic rings. The number of anilines is 1. The van der Waals surface area contributed by atoms with Crippen LogP contribution in [0.4, 0.5) is 5.69 Å². The molecule has 0 aliphatic carbocycles. The van der Waals surface area contributed by atoms with Gasteiger partial charge in [0.15, 0.2) is 5.96 Å². The van der Waals surface area contributed by atoms with Crippen molar-refractivity contribution < 1.29 is 9.59 Å². The van der Waals surface area contributed by atoms with Crippen molar-refractivity contribution in [3.63, 3.8) is 0 Å². The number of carbonyl (C=O) groups excluding carboxylic acids is 2. The summed E-state index contributed by atoms with van der Waals surface area (Å²) in [5.74, 6) is 0.870. The van der Waals surface area contributed by atoms with E-state index in [4.69, 9.17) is 0 Å². The molecule has 1 fully saturated rings. The first-order chi connectivity index (χ1) is 15.1. The summed E-state index contributed by atoms with van der Waals surface area (Å²) < 4.78 is 0. The van der Waals surface area contributed by atoms with E-state index in [9.17, 15) is 9.59 Å². The van der Waals surface area contributed by atoms with Gasteiger partial charge in [-0.1, -0.05) is 24.3 Å². The van der Waals surface area contributed by atoms with Crippen LogP contribution in [-0.4, -0.2) is 37.4 Å². The molecule has 0 aromatic heterocycles. The summed E-state index contributed by atoms with van der Waals surface area (Å²) in [6.07, 6.45) is 1.57. The summed E-state index contributed by atoms with van der Waals surface area (Å²) in [6.45, 7) is 7.26. The number of rotatable bonds is 8. The summed E-state index contributed by atoms with van der Waals surface area (Å²) >= 11 is 0. The van der Waals surface area contributed by atoms with Crippen molar-refractivity contribution in [2.45, 2.75) is 39.8 Å². The van der Waals surface area contributed by atoms with Crippen molar-refractivity contribution in [2.75, 3.05) is 24.5 Å². The lowest BCUT2D eigenvalue weighted by molar-refractivity contribution is -0.117. The summed E-state index contributed by atoms with van der Waals surface area (Å²) in [5, 5.41) is 9.38. The van der Waals surface area contributed by atoms with E-state index in [2.05, 4.69) is 20.9 Å². The van der Waals surface area contributed by atoms with Crippen LogP contribution in [-0.2, 0) is 17.9 Å². The van der Waals surface area contributed by atoms with Crippen molar-refractivity contribution in [3.8, 4) is 0 Å². The largest absolute Gasteiger partial charge is 0.357 e. The third kappa shape index (κ3) is 6.31. The van der Waals surface area contributed by atoms with Crippen LogP contribution < -0.4 is 20.9 Å². The van der Waals surface area contributed by atoms with E-state index in [1.54, 1.807) is 0 Å². The van der Waals surface area contributed by atoms with Gasteiger partial charge in [-0.25, -0.2) is 4.99 Å². The Morgan fingerprint density at radius 1 is 0.935 bits per heavy atom. The zero-order valence-corrected chi connectivity index (χ0v) is 18.3. The van der Waals surface area contributed by atoms with Crippen molar-refractivity contribution in [2.24, 2.45) is 4.99 Å². The number of nitrogens with zero attached hydrogens (tertiary/aromatic N) is 2. The smallest absolute Gasteiger partial charge is 0.251 e. The molecule has 1 heterocycles. The Morgan fingerprint density at radius 2 is 1.61 bits per heavy atom. The highest BCUT2D eigenvalue weighted by Gasteiger charge is 2.21. The molecule has 2 amide bonds. The molecule has 7 nitrogen and oxygen atoms in total. The van der Waals surface area contributed by atoms with Gasteiger partial charge in [-0.3, -0.25) is 9.59 Å². The Hall–Kier alpha value is -3.35. The predicted octanol–water partition coefficient (Wildman–Crippen LogP) is 2.82. The van der Waals surface area contributed by atoms with E-state index in [1.165, 1.54) is 0 Å². The van der Waals surface area contributed by atoms with Gasteiger partial charge in [0.25, 0.3) is 5.91 Å². The fraction of sp³-hybridized carbons (Fsp3) is 0.375. The fourth-order valence-electron chi connectivity index (χ4n) is 3.44. The Labute approximate surface area is 183 Å². The number of nitrogens with one attached hydrogen (secondary N) is 3. The maximum absolute atomic E-state index is 11.9. The van der Waals surface area contributed by atoms with Crippen LogP contribution in [0, 0.1) is 0 Å². The van der Waals surface area contributed by atoms with Crippen LogP contribution in [0.25, 0.3) is 0 Å². The first kappa shape index (κ1) is 22.3. The van der Waals surface area contributed by atoms with Crippen LogP contribution in [0.5, 0.6) is 0 Å². The zero-order chi connectivity index (χ0) is 22.1. The lowest BCUT2D eigenvalue weighted by Crippen LogP contribution is -2.36. The number of amides is 2. The fourth-order valence-corrected chi connectivity index (χ4v) is 3.44. The molecule has 1 aliphatic rings. The van der Waals surface area contributed by atoms with Gasteiger partial charge in [0, 0.05) is 43.9 Å². The summed E-state index contributed by atoms with van der Waals surface area (Å²) in [4.78, 5) is 30.3. The second kappa shape index (κ2) is 11.2. The van der Waals surface area contributed by atoms with Gasteiger partial charge in [-0.2, -0.15) is 0 Å². The molecule has 0 bridgehead atoms. The zero-order valence-electron chi connectivity index (χ0n) is 18.3. The van der Waals surface area contributed by atoms with Gasteiger partial charge in [0.1, 0.15) is 0 Å². The van der Waals surface area contributed by atoms with Crippen LogP contribution in [0.15, 0.2) is 53.5 Å². The van der Waals surface area contributed by atoms with Gasteiger partial charge in [0.05, 0.1) is 6.54 Å². The van der Waals surface area contributed by atoms with E-state index in [0.29, 0.717) is 31.6 Å². The van der Waals surface area contributed by atoms with Crippen LogP contribution in [0.2, 0.25) is 0 Å². The number of carbonyl (C=O) groups is 2. The van der Waals surface area contributed by atoms with Crippen LogP contribution >= 0.6 is 0 Å². The maximum Gasteiger partial charge on any atom is 0.251 e. The number of hydrogen-bond donors (Lipinski definition) is 3. The summed E-state index contributed by atoms with van der Waals surface area (Å²) in [6, 6.07) is 15.6. The molecule has 0 atom stereocenters. The number of hydrogen-bond acceptors (Lipinski definition) is 3. The van der Waals surface area contributed by atoms with Crippen LogP contribution in [0.1, 0.15) is 48.2 Å². The third-order valence-electron chi connectivity index (χ3n) is 5.10. The third-order valence-corrected chi connectivity index (χ3v) is 5.10. The van der Waals surface area contributed by atoms with Crippen molar-refractivity contribution in [3.05, 3.63) is 65.2 Å². The molecular weight excluding hydrogens is 390 g/mol. The molecule has 2 aromatic carbocycles. The van der Waals surface area contributed by atoms with E-state index >= 15 is 0 Å². The molecule has 0 radical (unpaired) electrons. The van der Waals surface area contributed by atoms with Crippen molar-refractivity contribution in [1.29, 1.82) is 0 Å². The maximum atomic E-state index is 11.9. The highest BCUT2D eigenvalue weighted by molar-refractivity contribution is 5.95. The minimum Gasteiger partial charge on any atom is -0.357 e. The lowest BCUT2D eigenvalue weighted by atomic mass is 10.1. The molecule has 3 rings (SSSR count). The molecule has 0 saturated carbocycles. The predicted molar refractivity (Wildman–Crippen MR) is 124 cm³/mol. The van der Waals surface area contributed by atoms with Crippen LogP contribution in [0.3, 0.4) is 0 Å². The molecule has 3 N–H and O–H groups in total. The Kier molecular flexibility index (Phi) is 8.04. The molecule has 0 unspecified atom stereocenters. The van der Waals surface area contributed by atoms with E-state index in [1.807, 2.05) is 67.3 Å². The monoisotopic (exact) mass is 421 g/mol. The topological polar surface area (TPSA) is 85.8 Å². The highest BCUT2D eigenvalue weighted by Crippen LogP contribution is 2.21. The first-order valence-electron chi connectivity index (χ1n) is 10.9. The second-order valence-corrected chi connectivity index (χ2v) is 7.42. The molecule has 164 valence electrons. The number of benzene rings is 2. The molecule has 31 heavy (non-hydrogen) atoms. The van der Waals surface area contributed by atoms with Crippen molar-refractivity contribution in [1.82, 2.24) is 16.0 Å². The Balaban J connectivity index is 1.56. The molecular formula is C24H31N5O2. The summed E-state index contributed by atoms with van der Waals surface area (Å²) in [5.41, 5.74) is 3.76. The van der Waals surface area contributed by atoms with E-state index < -0.39 is 0 Å². The average Bonchev–Trinajstić information content (AvgIpc) is 3.22. The number of guanidine groups is 1. The van der Waals surface area contributed by atoms with E-state index in [0.717, 1.165) is 42.3 Å². The first-order valence-corrected chi connectivity index (χ1v) is 10.9. The van der Waals surface area contributed by atoms with Gasteiger partial charge < -0.3 is 20.9 Å². The molecule has 1 saturated heterocycles. The SMILES string of the molecule is CCNC(=O)c1ccc(CNC(=NCc2ccc(N3CCCC3=O)cc2)NCC)cc1. The lowest BCUT2D eigenvalue weighted by Gasteiger charge is -2.16. The Bertz CT molecular complexity index is 907. The van der Waals surface area contributed by atoms with E-state index in [-0.39, 0.29) is 11.8 Å².